The lowest BCUT2D eigenvalue weighted by Crippen LogP contribution is -2.23. The topological polar surface area (TPSA) is 52.2 Å². The van der Waals surface area contributed by atoms with Crippen LogP contribution in [-0.4, -0.2) is 20.4 Å². The third-order valence-electron chi connectivity index (χ3n) is 6.21. The Morgan fingerprint density at radius 3 is 2.59 bits per heavy atom. The Bertz CT molecular complexity index is 1570. The van der Waals surface area contributed by atoms with Crippen LogP contribution in [0.2, 0.25) is 0 Å². The van der Waals surface area contributed by atoms with Gasteiger partial charge >= 0.3 is 0 Å². The van der Waals surface area contributed by atoms with Gasteiger partial charge in [-0.25, -0.2) is 4.98 Å². The summed E-state index contributed by atoms with van der Waals surface area (Å²) in [6.45, 7) is 4.93. The first-order valence-electron chi connectivity index (χ1n) is 11.4. The molecule has 0 aliphatic heterocycles. The normalized spacial score (nSPS) is 12.7. The number of hydrogen-bond acceptors (Lipinski definition) is 3. The molecule has 170 valence electrons. The summed E-state index contributed by atoms with van der Waals surface area (Å²) in [6, 6.07) is 24.2. The molecule has 0 N–H and O–H groups in total. The van der Waals surface area contributed by atoms with Crippen molar-refractivity contribution < 1.29 is 0 Å². The largest absolute Gasteiger partial charge is 0.342 e. The quantitative estimate of drug-likeness (QED) is 0.242. The van der Waals surface area contributed by atoms with Crippen LogP contribution in [0.3, 0.4) is 0 Å². The van der Waals surface area contributed by atoms with Crippen molar-refractivity contribution >= 4 is 44.0 Å². The zero-order valence-electron chi connectivity index (χ0n) is 19.1. The number of hydrogen-bond donors (Lipinski definition) is 0. The fourth-order valence-electron chi connectivity index (χ4n) is 4.19. The van der Waals surface area contributed by atoms with Gasteiger partial charge in [-0.05, 0) is 36.2 Å². The fourth-order valence-corrected chi connectivity index (χ4v) is 4.55. The molecule has 5 aromatic rings. The van der Waals surface area contributed by atoms with Crippen LogP contribution in [-0.2, 0) is 6.54 Å². The zero-order valence-corrected chi connectivity index (χ0v) is 20.7. The second-order valence-electron chi connectivity index (χ2n) is 8.52. The van der Waals surface area contributed by atoms with Crippen molar-refractivity contribution in [2.24, 2.45) is 5.10 Å². The van der Waals surface area contributed by atoms with E-state index in [0.29, 0.717) is 16.7 Å². The van der Waals surface area contributed by atoms with Crippen LogP contribution < -0.4 is 5.56 Å². The lowest BCUT2D eigenvalue weighted by atomic mass is 10.1. The van der Waals surface area contributed by atoms with E-state index in [2.05, 4.69) is 82.0 Å². The van der Waals surface area contributed by atoms with Gasteiger partial charge in [-0.1, -0.05) is 78.3 Å². The first kappa shape index (κ1) is 22.3. The third-order valence-corrected chi connectivity index (χ3v) is 6.71. The van der Waals surface area contributed by atoms with E-state index < -0.39 is 0 Å². The molecule has 0 saturated heterocycles. The standard InChI is InChI=1S/C28H25BrN4O/c1-3-19(2)27-31-25-14-13-22(29)15-24(25)28(34)33(27)30-16-21-18-32(17-20-9-5-4-6-10-20)26-12-8-7-11-23(21)26/h4-16,18-19H,3,17H2,1-2H3/t19-/m1/s1. The highest BCUT2D eigenvalue weighted by atomic mass is 79.9. The molecule has 2 aromatic heterocycles. The molecule has 5 rings (SSSR count). The number of para-hydroxylation sites is 1. The average molecular weight is 513 g/mol. The van der Waals surface area contributed by atoms with Crippen molar-refractivity contribution in [3.8, 4) is 0 Å². The van der Waals surface area contributed by atoms with Gasteiger partial charge < -0.3 is 4.57 Å². The highest BCUT2D eigenvalue weighted by Crippen LogP contribution is 2.23. The molecule has 0 unspecified atom stereocenters. The second kappa shape index (κ2) is 9.39. The van der Waals surface area contributed by atoms with Crippen LogP contribution in [0.25, 0.3) is 21.8 Å². The Labute approximate surface area is 206 Å². The predicted octanol–water partition coefficient (Wildman–Crippen LogP) is 6.56. The molecule has 2 heterocycles. The average Bonchev–Trinajstić information content (AvgIpc) is 3.21. The minimum atomic E-state index is -0.161. The van der Waals surface area contributed by atoms with E-state index in [9.17, 15) is 4.79 Å². The van der Waals surface area contributed by atoms with Gasteiger partial charge in [0.2, 0.25) is 0 Å². The van der Waals surface area contributed by atoms with E-state index in [1.165, 1.54) is 10.2 Å². The highest BCUT2D eigenvalue weighted by Gasteiger charge is 2.16. The maximum atomic E-state index is 13.4. The molecular weight excluding hydrogens is 488 g/mol. The summed E-state index contributed by atoms with van der Waals surface area (Å²) in [4.78, 5) is 18.2. The van der Waals surface area contributed by atoms with Crippen molar-refractivity contribution in [3.05, 3.63) is 111 Å². The summed E-state index contributed by atoms with van der Waals surface area (Å²) in [6.07, 6.45) is 4.74. The number of fused-ring (bicyclic) bond motifs is 2. The van der Waals surface area contributed by atoms with E-state index in [0.717, 1.165) is 33.9 Å². The van der Waals surface area contributed by atoms with Crippen molar-refractivity contribution in [1.82, 2.24) is 14.2 Å². The Morgan fingerprint density at radius 1 is 1.03 bits per heavy atom. The van der Waals surface area contributed by atoms with Crippen LogP contribution in [0.5, 0.6) is 0 Å². The highest BCUT2D eigenvalue weighted by molar-refractivity contribution is 9.10. The maximum Gasteiger partial charge on any atom is 0.282 e. The lowest BCUT2D eigenvalue weighted by molar-refractivity contribution is 0.613. The second-order valence-corrected chi connectivity index (χ2v) is 9.43. The molecule has 6 heteroatoms. The molecule has 0 aliphatic rings. The van der Waals surface area contributed by atoms with Gasteiger partial charge in [-0.15, -0.1) is 0 Å². The van der Waals surface area contributed by atoms with E-state index >= 15 is 0 Å². The predicted molar refractivity (Wildman–Crippen MR) is 143 cm³/mol. The summed E-state index contributed by atoms with van der Waals surface area (Å²) >= 11 is 3.47. The molecule has 0 amide bonds. The van der Waals surface area contributed by atoms with Gasteiger partial charge in [-0.2, -0.15) is 9.78 Å². The number of halogens is 1. The molecule has 0 saturated carbocycles. The van der Waals surface area contributed by atoms with Crippen LogP contribution >= 0.6 is 15.9 Å². The molecule has 0 radical (unpaired) electrons. The SMILES string of the molecule is CC[C@@H](C)c1nc2ccc(Br)cc2c(=O)n1N=Cc1cn(Cc2ccccc2)c2ccccc12. The van der Waals surface area contributed by atoms with Crippen molar-refractivity contribution in [2.45, 2.75) is 32.7 Å². The van der Waals surface area contributed by atoms with E-state index in [1.54, 1.807) is 6.21 Å². The number of benzene rings is 3. The van der Waals surface area contributed by atoms with Crippen molar-refractivity contribution in [1.29, 1.82) is 0 Å². The Morgan fingerprint density at radius 2 is 1.79 bits per heavy atom. The van der Waals surface area contributed by atoms with Crippen LogP contribution in [0.1, 0.15) is 43.1 Å². The van der Waals surface area contributed by atoms with Gasteiger partial charge in [0.1, 0.15) is 5.82 Å². The Kier molecular flexibility index (Phi) is 6.16. The van der Waals surface area contributed by atoms with Crippen LogP contribution in [0.4, 0.5) is 0 Å². The smallest absolute Gasteiger partial charge is 0.282 e. The molecule has 3 aromatic carbocycles. The van der Waals surface area contributed by atoms with Gasteiger partial charge in [0.05, 0.1) is 17.1 Å². The van der Waals surface area contributed by atoms with E-state index in [1.807, 2.05) is 36.4 Å². The van der Waals surface area contributed by atoms with Crippen molar-refractivity contribution in [3.63, 3.8) is 0 Å². The number of rotatable bonds is 6. The molecule has 0 fully saturated rings. The molecule has 34 heavy (non-hydrogen) atoms. The van der Waals surface area contributed by atoms with Gasteiger partial charge in [0.25, 0.3) is 5.56 Å². The Balaban J connectivity index is 1.63. The first-order chi connectivity index (χ1) is 16.5. The van der Waals surface area contributed by atoms with Gasteiger partial charge in [0, 0.05) is 39.6 Å². The van der Waals surface area contributed by atoms with Crippen LogP contribution in [0, 0.1) is 0 Å². The number of aromatic nitrogens is 3. The number of nitrogens with zero attached hydrogens (tertiary/aromatic N) is 4. The fraction of sp³-hybridized carbons (Fsp3) is 0.179. The maximum absolute atomic E-state index is 13.4. The molecule has 5 nitrogen and oxygen atoms in total. The molecule has 0 bridgehead atoms. The van der Waals surface area contributed by atoms with Crippen molar-refractivity contribution in [2.75, 3.05) is 0 Å². The summed E-state index contributed by atoms with van der Waals surface area (Å²) in [5.41, 5.74) is 3.84. The molecule has 1 atom stereocenters. The minimum absolute atomic E-state index is 0.0947. The monoisotopic (exact) mass is 512 g/mol. The lowest BCUT2D eigenvalue weighted by Gasteiger charge is -2.13. The molecule has 0 spiro atoms. The van der Waals surface area contributed by atoms with E-state index in [4.69, 9.17) is 4.98 Å². The zero-order chi connectivity index (χ0) is 23.7. The first-order valence-corrected chi connectivity index (χ1v) is 12.2. The van der Waals surface area contributed by atoms with Gasteiger partial charge in [0.15, 0.2) is 0 Å². The minimum Gasteiger partial charge on any atom is -0.342 e. The van der Waals surface area contributed by atoms with Crippen LogP contribution in [0.15, 0.2) is 93.4 Å². The van der Waals surface area contributed by atoms with Gasteiger partial charge in [-0.3, -0.25) is 4.79 Å². The summed E-state index contributed by atoms with van der Waals surface area (Å²) < 4.78 is 4.53. The summed E-state index contributed by atoms with van der Waals surface area (Å²) in [5.74, 6) is 0.768. The third kappa shape index (κ3) is 4.21. The summed E-state index contributed by atoms with van der Waals surface area (Å²) in [5, 5.41) is 6.32. The Hall–Kier alpha value is -3.51. The molecule has 0 aliphatic carbocycles. The summed E-state index contributed by atoms with van der Waals surface area (Å²) in [7, 11) is 0. The van der Waals surface area contributed by atoms with E-state index in [-0.39, 0.29) is 11.5 Å². The molecular formula is C28H25BrN4O.